The summed E-state index contributed by atoms with van der Waals surface area (Å²) in [5.74, 6) is 3.72. The molecule has 56 heavy (non-hydrogen) atoms. The maximum atomic E-state index is 6.34. The van der Waals surface area contributed by atoms with Gasteiger partial charge in [0.05, 0.1) is 17.1 Å². The predicted molar refractivity (Wildman–Crippen MR) is 242 cm³/mol. The molecule has 7 nitrogen and oxygen atoms in total. The zero-order chi connectivity index (χ0) is 41.6. The molecule has 0 aliphatic rings. The Kier molecular flexibility index (Phi) is 22.5. The van der Waals surface area contributed by atoms with Gasteiger partial charge in [0.15, 0.2) is 0 Å². The van der Waals surface area contributed by atoms with Crippen LogP contribution in [0.3, 0.4) is 0 Å². The van der Waals surface area contributed by atoms with E-state index in [4.69, 9.17) is 14.7 Å². The standard InChI is InChI=1S/C42H54N3O.3C2H6N.Zr/c1-13-36-39(32-17-14-15-20-37(32)46-36)35-23-45(12)42(43-35)41(44-40-30(25(4)5)18-16-19-31(40)26(6)7)38-33(27(8)9)21-29(24(2)3)22-34(38)28(10)11;3*1-3-2;/h14-28,41H,13H2,1-12H3;3*1-2H3;/q4*-1;+3. The van der Waals surface area contributed by atoms with Gasteiger partial charge in [0.2, 0.25) is 0 Å². The third kappa shape index (κ3) is 12.7. The number of furan rings is 1. The molecule has 0 saturated carbocycles. The van der Waals surface area contributed by atoms with Crippen LogP contribution < -0.4 is 0 Å². The Morgan fingerprint density at radius 3 is 1.54 bits per heavy atom. The SMILES string of the molecule is CCc1oc2ccccc2c1-c1cn(C)c(C([N-]c2c(C(C)C)cccc2C(C)C)c2c(C(C)C)cc(C(C)C)cc2C(C)C)n1.C[N-]C.C[N-]C.C[N-]C.[Zr+3]. The number of imidazole rings is 1. The molecule has 2 heterocycles. The van der Waals surface area contributed by atoms with Crippen molar-refractivity contribution in [1.82, 2.24) is 9.55 Å². The number of para-hydroxylation sites is 2. The smallest absolute Gasteiger partial charge is 0.671 e. The summed E-state index contributed by atoms with van der Waals surface area (Å²) in [6.07, 6.45) is 2.98. The molecule has 8 heteroatoms. The number of hydrogen-bond acceptors (Lipinski definition) is 2. The first-order chi connectivity index (χ1) is 26.1. The quantitative estimate of drug-likeness (QED) is 0.133. The van der Waals surface area contributed by atoms with Gasteiger partial charge in [0.25, 0.3) is 0 Å². The van der Waals surface area contributed by atoms with Crippen molar-refractivity contribution < 1.29 is 30.6 Å². The van der Waals surface area contributed by atoms with Crippen LogP contribution in [0, 0.1) is 0 Å². The predicted octanol–water partition coefficient (Wildman–Crippen LogP) is 14.7. The number of nitrogens with zero attached hydrogens (tertiary/aromatic N) is 6. The van der Waals surface area contributed by atoms with E-state index in [1.807, 2.05) is 6.07 Å². The molecule has 0 aliphatic heterocycles. The van der Waals surface area contributed by atoms with Gasteiger partial charge in [-0.3, -0.25) is 0 Å². The average Bonchev–Trinajstić information content (AvgIpc) is 3.70. The Balaban J connectivity index is 0.00000143. The van der Waals surface area contributed by atoms with Gasteiger partial charge < -0.3 is 30.3 Å². The molecule has 0 spiro atoms. The van der Waals surface area contributed by atoms with Gasteiger partial charge >= 0.3 is 26.2 Å². The van der Waals surface area contributed by atoms with Crippen molar-refractivity contribution in [2.45, 2.75) is 118 Å². The van der Waals surface area contributed by atoms with Crippen molar-refractivity contribution in [1.29, 1.82) is 0 Å². The van der Waals surface area contributed by atoms with E-state index in [-0.39, 0.29) is 32.2 Å². The fourth-order valence-corrected chi connectivity index (χ4v) is 6.85. The maximum Gasteiger partial charge on any atom is 3.00 e. The second-order valence-corrected chi connectivity index (χ2v) is 15.9. The first-order valence-corrected chi connectivity index (χ1v) is 20.1. The van der Waals surface area contributed by atoms with E-state index in [2.05, 4.69) is 158 Å². The summed E-state index contributed by atoms with van der Waals surface area (Å²) in [4.78, 5) is 5.50. The fraction of sp³-hybridized carbons (Fsp3) is 0.521. The third-order valence-corrected chi connectivity index (χ3v) is 9.45. The molecule has 2 aromatic heterocycles. The van der Waals surface area contributed by atoms with Crippen LogP contribution >= 0.6 is 0 Å². The van der Waals surface area contributed by atoms with E-state index in [1.165, 1.54) is 33.4 Å². The summed E-state index contributed by atoms with van der Waals surface area (Å²) in [7, 11) is 12.6. The molecular formula is C48H72N6OZr-. The van der Waals surface area contributed by atoms with Crippen LogP contribution in [-0.2, 0) is 39.7 Å². The van der Waals surface area contributed by atoms with Crippen molar-refractivity contribution in [2.75, 3.05) is 42.3 Å². The minimum Gasteiger partial charge on any atom is -0.671 e. The molecule has 305 valence electrons. The van der Waals surface area contributed by atoms with Crippen molar-refractivity contribution >= 4 is 16.7 Å². The fourth-order valence-electron chi connectivity index (χ4n) is 6.85. The molecule has 0 fully saturated rings. The minimum absolute atomic E-state index is 0. The van der Waals surface area contributed by atoms with E-state index in [9.17, 15) is 0 Å². The van der Waals surface area contributed by atoms with Crippen molar-refractivity contribution in [3.63, 3.8) is 0 Å². The van der Waals surface area contributed by atoms with Crippen LogP contribution in [0.15, 0.2) is 65.2 Å². The number of aromatic nitrogens is 2. The van der Waals surface area contributed by atoms with E-state index in [0.29, 0.717) is 29.6 Å². The number of rotatable bonds is 11. The number of fused-ring (bicyclic) bond motifs is 1. The molecular weight excluding hydrogens is 768 g/mol. The van der Waals surface area contributed by atoms with E-state index in [1.54, 1.807) is 42.3 Å². The van der Waals surface area contributed by atoms with Crippen molar-refractivity contribution in [2.24, 2.45) is 7.05 Å². The minimum atomic E-state index is -0.282. The Bertz CT molecular complexity index is 1820. The summed E-state index contributed by atoms with van der Waals surface area (Å²) in [5.41, 5.74) is 12.0. The molecule has 0 saturated heterocycles. The van der Waals surface area contributed by atoms with Crippen LogP contribution in [0.25, 0.3) is 43.5 Å². The molecule has 0 bridgehead atoms. The van der Waals surface area contributed by atoms with Crippen LogP contribution in [-0.4, -0.2) is 51.8 Å². The zero-order valence-corrected chi connectivity index (χ0v) is 40.5. The maximum absolute atomic E-state index is 6.34. The second kappa shape index (κ2) is 24.7. The van der Waals surface area contributed by atoms with E-state index < -0.39 is 0 Å². The zero-order valence-electron chi connectivity index (χ0n) is 38.0. The number of benzene rings is 3. The third-order valence-electron chi connectivity index (χ3n) is 9.45. The molecule has 3 aromatic carbocycles. The van der Waals surface area contributed by atoms with Gasteiger partial charge in [-0.05, 0) is 64.0 Å². The first-order valence-electron chi connectivity index (χ1n) is 20.1. The molecule has 1 radical (unpaired) electrons. The van der Waals surface area contributed by atoms with Gasteiger partial charge in [0.1, 0.15) is 11.3 Å². The van der Waals surface area contributed by atoms with E-state index in [0.717, 1.165) is 45.9 Å². The Hall–Kier alpha value is -3.03. The van der Waals surface area contributed by atoms with Gasteiger partial charge in [0, 0.05) is 25.1 Å². The van der Waals surface area contributed by atoms with E-state index >= 15 is 0 Å². The van der Waals surface area contributed by atoms with Crippen LogP contribution in [0.5, 0.6) is 0 Å². The molecule has 0 N–H and O–H groups in total. The Morgan fingerprint density at radius 2 is 1.11 bits per heavy atom. The topological polar surface area (TPSA) is 87.4 Å². The van der Waals surface area contributed by atoms with Crippen molar-refractivity contribution in [3.05, 3.63) is 127 Å². The van der Waals surface area contributed by atoms with Crippen LogP contribution in [0.2, 0.25) is 0 Å². The molecule has 0 aliphatic carbocycles. The summed E-state index contributed by atoms with van der Waals surface area (Å²) in [5, 5.41) is 17.5. The van der Waals surface area contributed by atoms with Gasteiger partial charge in [-0.15, -0.1) is 5.69 Å². The van der Waals surface area contributed by atoms with Gasteiger partial charge in [-0.2, -0.15) is 42.3 Å². The molecule has 5 aromatic rings. The largest absolute Gasteiger partial charge is 3.00 e. The van der Waals surface area contributed by atoms with Gasteiger partial charge in [-0.25, -0.2) is 4.98 Å². The Morgan fingerprint density at radius 1 is 0.643 bits per heavy atom. The first kappa shape index (κ1) is 51.0. The average molecular weight is 840 g/mol. The summed E-state index contributed by atoms with van der Waals surface area (Å²) in [6, 6.07) is 19.6. The number of hydrogen-bond donors (Lipinski definition) is 0. The summed E-state index contributed by atoms with van der Waals surface area (Å²) >= 11 is 0. The second-order valence-electron chi connectivity index (χ2n) is 15.9. The summed E-state index contributed by atoms with van der Waals surface area (Å²) in [6.45, 7) is 25.1. The monoisotopic (exact) mass is 838 g/mol. The van der Waals surface area contributed by atoms with Crippen LogP contribution in [0.1, 0.15) is 157 Å². The van der Waals surface area contributed by atoms with Crippen molar-refractivity contribution in [3.8, 4) is 11.3 Å². The summed E-state index contributed by atoms with van der Waals surface area (Å²) < 4.78 is 8.55. The van der Waals surface area contributed by atoms with Gasteiger partial charge in [-0.1, -0.05) is 136 Å². The normalized spacial score (nSPS) is 11.6. The Labute approximate surface area is 360 Å². The molecule has 0 amide bonds. The van der Waals surface area contributed by atoms with Crippen LogP contribution in [0.4, 0.5) is 5.69 Å². The molecule has 1 atom stereocenters. The number of aryl methyl sites for hydroxylation is 2. The molecule has 5 rings (SSSR count). The molecule has 1 unspecified atom stereocenters.